The fourth-order valence-corrected chi connectivity index (χ4v) is 9.74. The molecule has 3 unspecified atom stereocenters. The topological polar surface area (TPSA) is 105 Å². The molecule has 0 heterocycles. The summed E-state index contributed by atoms with van der Waals surface area (Å²) in [5.74, 6) is -0.180. The highest BCUT2D eigenvalue weighted by Gasteiger charge is 2.27. The molecular formula is C59H118N2O6P+. The second kappa shape index (κ2) is 50.9. The number of amides is 1. The van der Waals surface area contributed by atoms with E-state index < -0.39 is 20.0 Å². The van der Waals surface area contributed by atoms with Gasteiger partial charge in [0.05, 0.1) is 39.9 Å². The van der Waals surface area contributed by atoms with Crippen LogP contribution in [0, 0.1) is 0 Å². The zero-order valence-corrected chi connectivity index (χ0v) is 47.0. The van der Waals surface area contributed by atoms with Crippen molar-refractivity contribution in [2.45, 2.75) is 309 Å². The molecule has 0 aromatic heterocycles. The van der Waals surface area contributed by atoms with Gasteiger partial charge in [0, 0.05) is 6.42 Å². The number of quaternary nitrogens is 1. The minimum absolute atomic E-state index is 0.0588. The zero-order chi connectivity index (χ0) is 49.9. The van der Waals surface area contributed by atoms with Crippen molar-refractivity contribution in [3.8, 4) is 0 Å². The third-order valence-electron chi connectivity index (χ3n) is 13.7. The Bertz CT molecular complexity index is 1160. The molecule has 0 aliphatic carbocycles. The highest BCUT2D eigenvalue weighted by molar-refractivity contribution is 7.47. The molecule has 8 nitrogen and oxygen atoms in total. The number of phosphoric acid groups is 1. The van der Waals surface area contributed by atoms with E-state index in [2.05, 4.69) is 31.3 Å². The second-order valence-corrected chi connectivity index (χ2v) is 23.2. The van der Waals surface area contributed by atoms with Gasteiger partial charge < -0.3 is 19.8 Å². The summed E-state index contributed by atoms with van der Waals surface area (Å²) in [6.07, 6.45) is 64.3. The van der Waals surface area contributed by atoms with Crippen LogP contribution in [-0.4, -0.2) is 73.4 Å². The molecule has 3 N–H and O–H groups in total. The molecule has 0 aliphatic heterocycles. The van der Waals surface area contributed by atoms with E-state index in [1.54, 1.807) is 6.08 Å². The SMILES string of the molecule is CCCCCCCCCCCCCCCCCCCCCC/C=C/CC/C=C/C(O)C(COP(=O)(O)OCC[N+](C)(C)C)NC(=O)CCCCCCCCCCCCCCCCCCCCCC. The van der Waals surface area contributed by atoms with Gasteiger partial charge >= 0.3 is 7.82 Å². The summed E-state index contributed by atoms with van der Waals surface area (Å²) in [5.41, 5.74) is 0. The maximum absolute atomic E-state index is 13.0. The molecule has 9 heteroatoms. The van der Waals surface area contributed by atoms with Gasteiger partial charge in [0.15, 0.2) is 0 Å². The lowest BCUT2D eigenvalue weighted by Gasteiger charge is -2.25. The van der Waals surface area contributed by atoms with Crippen LogP contribution in [0.2, 0.25) is 0 Å². The van der Waals surface area contributed by atoms with Gasteiger partial charge in [-0.25, -0.2) is 4.57 Å². The Morgan fingerprint density at radius 1 is 0.485 bits per heavy atom. The Morgan fingerprint density at radius 2 is 0.809 bits per heavy atom. The number of rotatable bonds is 55. The number of nitrogens with zero attached hydrogens (tertiary/aromatic N) is 1. The average Bonchev–Trinajstić information content (AvgIpc) is 3.30. The van der Waals surface area contributed by atoms with Crippen molar-refractivity contribution < 1.29 is 32.9 Å². The number of unbranched alkanes of at least 4 members (excludes halogenated alkanes) is 40. The molecule has 1 amide bonds. The van der Waals surface area contributed by atoms with Crippen LogP contribution in [0.25, 0.3) is 0 Å². The smallest absolute Gasteiger partial charge is 0.387 e. The standard InChI is InChI=1S/C59H117N2O6P/c1-6-8-10-12-14-16-18-20-22-24-26-28-29-30-31-32-33-34-36-38-40-42-44-46-48-50-52-58(62)57(56-67-68(64,65)66-55-54-61(3,4)5)60-59(63)53-51-49-47-45-43-41-39-37-35-27-25-23-21-19-17-15-13-11-9-7-2/h42,44,50,52,57-58,62H,6-41,43,45-49,51,53-56H2,1-5H3,(H-,60,63,64,65)/p+1/b44-42+,52-50+. The number of phosphoric ester groups is 1. The summed E-state index contributed by atoms with van der Waals surface area (Å²) in [7, 11) is 1.57. The molecule has 0 rings (SSSR count). The fourth-order valence-electron chi connectivity index (χ4n) is 9.00. The van der Waals surface area contributed by atoms with Crippen molar-refractivity contribution in [3.05, 3.63) is 24.3 Å². The minimum atomic E-state index is -4.35. The molecule has 0 spiro atoms. The molecule has 3 atom stereocenters. The number of aliphatic hydroxyl groups excluding tert-OH is 1. The van der Waals surface area contributed by atoms with Gasteiger partial charge in [-0.3, -0.25) is 13.8 Å². The molecule has 0 radical (unpaired) electrons. The Labute approximate surface area is 424 Å². The summed E-state index contributed by atoms with van der Waals surface area (Å²) < 4.78 is 23.7. The van der Waals surface area contributed by atoms with Crippen LogP contribution in [0.5, 0.6) is 0 Å². The lowest BCUT2D eigenvalue weighted by atomic mass is 10.0. The lowest BCUT2D eigenvalue weighted by molar-refractivity contribution is -0.870. The summed E-state index contributed by atoms with van der Waals surface area (Å²) >= 11 is 0. The van der Waals surface area contributed by atoms with Gasteiger partial charge in [0.2, 0.25) is 5.91 Å². The molecule has 0 aliphatic rings. The molecule has 68 heavy (non-hydrogen) atoms. The van der Waals surface area contributed by atoms with E-state index in [0.29, 0.717) is 17.4 Å². The zero-order valence-electron chi connectivity index (χ0n) is 46.1. The Balaban J connectivity index is 4.21. The van der Waals surface area contributed by atoms with Gasteiger partial charge in [-0.15, -0.1) is 0 Å². The normalized spacial score (nSPS) is 14.0. The van der Waals surface area contributed by atoms with E-state index in [0.717, 1.165) is 38.5 Å². The molecule has 0 bridgehead atoms. The molecule has 0 aromatic carbocycles. The first-order chi connectivity index (χ1) is 33.0. The van der Waals surface area contributed by atoms with Gasteiger partial charge in [-0.2, -0.15) is 0 Å². The summed E-state index contributed by atoms with van der Waals surface area (Å²) in [6.45, 7) is 4.84. The second-order valence-electron chi connectivity index (χ2n) is 21.7. The van der Waals surface area contributed by atoms with E-state index in [1.807, 2.05) is 27.2 Å². The molecule has 0 saturated carbocycles. The summed E-state index contributed by atoms with van der Waals surface area (Å²) in [6, 6.07) is -0.860. The van der Waals surface area contributed by atoms with Crippen LogP contribution >= 0.6 is 7.82 Å². The first kappa shape index (κ1) is 67.0. The number of likely N-dealkylation sites (N-methyl/N-ethyl adjacent to an activating group) is 1. The number of aliphatic hydroxyl groups is 1. The van der Waals surface area contributed by atoms with E-state index in [1.165, 1.54) is 238 Å². The monoisotopic (exact) mass is 982 g/mol. The van der Waals surface area contributed by atoms with Crippen molar-refractivity contribution >= 4 is 13.7 Å². The maximum Gasteiger partial charge on any atom is 0.472 e. The first-order valence-electron chi connectivity index (χ1n) is 29.7. The number of hydrogen-bond acceptors (Lipinski definition) is 5. The van der Waals surface area contributed by atoms with Crippen LogP contribution in [0.3, 0.4) is 0 Å². The lowest BCUT2D eigenvalue weighted by Crippen LogP contribution is -2.45. The highest BCUT2D eigenvalue weighted by Crippen LogP contribution is 2.43. The predicted molar refractivity (Wildman–Crippen MR) is 295 cm³/mol. The third-order valence-corrected chi connectivity index (χ3v) is 14.7. The number of carbonyl (C=O) groups is 1. The van der Waals surface area contributed by atoms with Crippen molar-refractivity contribution in [3.63, 3.8) is 0 Å². The summed E-state index contributed by atoms with van der Waals surface area (Å²) in [5, 5.41) is 13.9. The van der Waals surface area contributed by atoms with Crippen molar-refractivity contribution in [1.82, 2.24) is 5.32 Å². The van der Waals surface area contributed by atoms with E-state index >= 15 is 0 Å². The van der Waals surface area contributed by atoms with Crippen molar-refractivity contribution in [2.24, 2.45) is 0 Å². The van der Waals surface area contributed by atoms with Crippen LogP contribution in [-0.2, 0) is 18.4 Å². The van der Waals surface area contributed by atoms with Gasteiger partial charge in [0.25, 0.3) is 0 Å². The Morgan fingerprint density at radius 3 is 1.18 bits per heavy atom. The Hall–Kier alpha value is -1.02. The van der Waals surface area contributed by atoms with E-state index in [4.69, 9.17) is 9.05 Å². The van der Waals surface area contributed by atoms with Gasteiger partial charge in [0.1, 0.15) is 13.2 Å². The molecule has 0 saturated heterocycles. The first-order valence-corrected chi connectivity index (χ1v) is 31.2. The number of carbonyl (C=O) groups excluding carboxylic acids is 1. The third kappa shape index (κ3) is 52.8. The van der Waals surface area contributed by atoms with E-state index in [-0.39, 0.29) is 19.1 Å². The average molecular weight is 983 g/mol. The van der Waals surface area contributed by atoms with E-state index in [9.17, 15) is 19.4 Å². The molecule has 404 valence electrons. The molecular weight excluding hydrogens is 864 g/mol. The van der Waals surface area contributed by atoms with Gasteiger partial charge in [-0.1, -0.05) is 282 Å². The number of allylic oxidation sites excluding steroid dienone is 3. The Kier molecular flexibility index (Phi) is 50.1. The molecule has 0 aromatic rings. The quantitative estimate of drug-likeness (QED) is 0.0243. The fraction of sp³-hybridized carbons (Fsp3) is 0.915. The number of nitrogens with one attached hydrogen (secondary N) is 1. The van der Waals surface area contributed by atoms with Gasteiger partial charge in [-0.05, 0) is 32.1 Å². The van der Waals surface area contributed by atoms with Crippen LogP contribution in [0.15, 0.2) is 24.3 Å². The van der Waals surface area contributed by atoms with Crippen molar-refractivity contribution in [1.29, 1.82) is 0 Å². The van der Waals surface area contributed by atoms with Crippen LogP contribution < -0.4 is 5.32 Å². The van der Waals surface area contributed by atoms with Crippen LogP contribution in [0.1, 0.15) is 296 Å². The summed E-state index contributed by atoms with van der Waals surface area (Å²) in [4.78, 5) is 23.3. The minimum Gasteiger partial charge on any atom is -0.387 e. The predicted octanol–water partition coefficient (Wildman–Crippen LogP) is 18.0. The van der Waals surface area contributed by atoms with Crippen LogP contribution in [0.4, 0.5) is 0 Å². The highest BCUT2D eigenvalue weighted by atomic mass is 31.2. The molecule has 0 fully saturated rings. The number of hydrogen-bond donors (Lipinski definition) is 3. The van der Waals surface area contributed by atoms with Crippen molar-refractivity contribution in [2.75, 3.05) is 40.9 Å². The largest absolute Gasteiger partial charge is 0.472 e. The maximum atomic E-state index is 13.0.